The van der Waals surface area contributed by atoms with Gasteiger partial charge in [0.1, 0.15) is 5.52 Å². The first kappa shape index (κ1) is 58.0. The lowest BCUT2D eigenvalue weighted by molar-refractivity contribution is -0.153. The van der Waals surface area contributed by atoms with Crippen LogP contribution in [0, 0.1) is 6.92 Å². The van der Waals surface area contributed by atoms with Crippen LogP contribution in [0.5, 0.6) is 0 Å². The molecule has 1 heterocycles. The average Bonchev–Trinajstić information content (AvgIpc) is 3.75. The lowest BCUT2D eigenvalue weighted by Crippen LogP contribution is -2.37. The number of hydrogen-bond donors (Lipinski definition) is 2. The number of hydrogen-bond acceptors (Lipinski definition) is 12. The highest BCUT2D eigenvalue weighted by molar-refractivity contribution is 6.35. The highest BCUT2D eigenvalue weighted by Gasteiger charge is 2.33. The molecule has 0 spiro atoms. The fourth-order valence-corrected chi connectivity index (χ4v) is 8.12. The van der Waals surface area contributed by atoms with Gasteiger partial charge in [0.25, 0.3) is 11.8 Å². The van der Waals surface area contributed by atoms with Gasteiger partial charge in [0, 0.05) is 0 Å². The number of aromatic nitrogens is 3. The molecule has 0 radical (unpaired) electrons. The zero-order chi connectivity index (χ0) is 51.5. The summed E-state index contributed by atoms with van der Waals surface area (Å²) in [6.45, 7) is 9.51. The number of benzene rings is 3. The Morgan fingerprint density at radius 1 is 0.549 bits per heavy atom. The predicted molar refractivity (Wildman–Crippen MR) is 277 cm³/mol. The number of ether oxygens (including phenoxy) is 4. The second-order valence-electron chi connectivity index (χ2n) is 18.1. The van der Waals surface area contributed by atoms with E-state index in [9.17, 15) is 28.8 Å². The minimum Gasteiger partial charge on any atom is -0.463 e. The van der Waals surface area contributed by atoms with E-state index in [4.69, 9.17) is 42.1 Å². The van der Waals surface area contributed by atoms with Gasteiger partial charge in [0.15, 0.2) is 12.2 Å². The van der Waals surface area contributed by atoms with Crippen molar-refractivity contribution >= 4 is 81.3 Å². The highest BCUT2D eigenvalue weighted by Crippen LogP contribution is 2.29. The molecule has 0 aliphatic rings. The smallest absolute Gasteiger partial charge is 0.347 e. The summed E-state index contributed by atoms with van der Waals surface area (Å²) in [4.78, 5) is 80.5. The topological polar surface area (TPSA) is 194 Å². The molecule has 388 valence electrons. The Morgan fingerprint density at radius 2 is 0.944 bits per heavy atom. The Kier molecular flexibility index (Phi) is 25.9. The third kappa shape index (κ3) is 19.9. The van der Waals surface area contributed by atoms with Crippen LogP contribution in [0.25, 0.3) is 11.0 Å². The normalized spacial score (nSPS) is 12.4. The molecule has 3 aromatic carbocycles. The summed E-state index contributed by atoms with van der Waals surface area (Å²) in [5.74, 6) is -5.02. The van der Waals surface area contributed by atoms with Gasteiger partial charge in [-0.3, -0.25) is 9.59 Å². The summed E-state index contributed by atoms with van der Waals surface area (Å²) in [6.07, 6.45) is 20.3. The number of halogens is 2. The number of carbonyl (C=O) groups is 6. The Balaban J connectivity index is 1.37. The summed E-state index contributed by atoms with van der Waals surface area (Å²) in [7, 11) is 0. The molecule has 0 fully saturated rings. The van der Waals surface area contributed by atoms with Crippen molar-refractivity contribution in [2.24, 2.45) is 0 Å². The number of rotatable bonds is 33. The van der Waals surface area contributed by atoms with Crippen molar-refractivity contribution in [1.29, 1.82) is 0 Å². The van der Waals surface area contributed by atoms with Crippen LogP contribution in [0.1, 0.15) is 188 Å². The van der Waals surface area contributed by atoms with Gasteiger partial charge in [0.2, 0.25) is 6.04 Å². The van der Waals surface area contributed by atoms with Gasteiger partial charge >= 0.3 is 23.9 Å². The number of aryl methyl sites for hydroxylation is 1. The second kappa shape index (κ2) is 31.7. The molecule has 1 aromatic heterocycles. The molecular formula is C54H73Cl2N5O10. The van der Waals surface area contributed by atoms with Crippen molar-refractivity contribution in [2.45, 2.75) is 181 Å². The van der Waals surface area contributed by atoms with E-state index in [1.54, 1.807) is 18.2 Å². The van der Waals surface area contributed by atoms with E-state index in [0.29, 0.717) is 23.9 Å². The van der Waals surface area contributed by atoms with Gasteiger partial charge in [-0.15, -0.1) is 5.10 Å². The molecule has 0 saturated carbocycles. The minimum atomic E-state index is -1.77. The first-order valence-electron chi connectivity index (χ1n) is 25.5. The van der Waals surface area contributed by atoms with Crippen molar-refractivity contribution in [3.8, 4) is 0 Å². The molecule has 0 saturated heterocycles. The number of amides is 2. The predicted octanol–water partition coefficient (Wildman–Crippen LogP) is 12.9. The van der Waals surface area contributed by atoms with Crippen LogP contribution in [-0.4, -0.2) is 76.1 Å². The summed E-state index contributed by atoms with van der Waals surface area (Å²) in [5.41, 5.74) is 1.38. The first-order valence-corrected chi connectivity index (χ1v) is 26.3. The Hall–Kier alpha value is -5.54. The lowest BCUT2D eigenvalue weighted by Gasteiger charge is -2.19. The fraction of sp³-hybridized carbons (Fsp3) is 0.556. The number of fused-ring (bicyclic) bond motifs is 1. The number of esters is 4. The van der Waals surface area contributed by atoms with Gasteiger partial charge in [-0.2, -0.15) is 0 Å². The number of nitrogens with one attached hydrogen (secondary N) is 2. The van der Waals surface area contributed by atoms with E-state index in [2.05, 4.69) is 34.8 Å². The zero-order valence-corrected chi connectivity index (χ0v) is 43.7. The number of nitrogens with zero attached hydrogens (tertiary/aromatic N) is 3. The highest BCUT2D eigenvalue weighted by atomic mass is 35.5. The van der Waals surface area contributed by atoms with Gasteiger partial charge < -0.3 is 29.6 Å². The van der Waals surface area contributed by atoms with E-state index in [1.807, 2.05) is 6.92 Å². The Bertz CT molecular complexity index is 2230. The Labute approximate surface area is 428 Å². The SMILES string of the molecule is CCCCCCCCCCCCOC(=O)C(C)OC(=O)c1ccc(Cl)c(NC(=O)C(C(=O)Nc2cc(C(=O)OC(C)C(=O)OCCCCCCCCCCCC)ccc2Cl)n2nnc3cc(C)ccc32)c1. The van der Waals surface area contributed by atoms with Gasteiger partial charge in [-0.1, -0.05) is 164 Å². The van der Waals surface area contributed by atoms with Crippen molar-refractivity contribution in [3.63, 3.8) is 0 Å². The summed E-state index contributed by atoms with van der Waals surface area (Å²) in [5, 5.41) is 13.6. The van der Waals surface area contributed by atoms with Crippen LogP contribution in [-0.2, 0) is 38.1 Å². The fourth-order valence-electron chi connectivity index (χ4n) is 7.79. The van der Waals surface area contributed by atoms with Crippen molar-refractivity contribution in [1.82, 2.24) is 15.0 Å². The van der Waals surface area contributed by atoms with Crippen LogP contribution < -0.4 is 10.6 Å². The molecule has 2 atom stereocenters. The second-order valence-corrected chi connectivity index (χ2v) is 18.9. The van der Waals surface area contributed by atoms with Gasteiger partial charge in [-0.25, -0.2) is 23.9 Å². The van der Waals surface area contributed by atoms with E-state index in [1.165, 1.54) is 127 Å². The monoisotopic (exact) mass is 1020 g/mol. The number of anilines is 2. The van der Waals surface area contributed by atoms with Crippen LogP contribution in [0.4, 0.5) is 11.4 Å². The average molecular weight is 1020 g/mol. The molecule has 71 heavy (non-hydrogen) atoms. The van der Waals surface area contributed by atoms with Crippen molar-refractivity contribution in [3.05, 3.63) is 81.3 Å². The molecule has 4 aromatic rings. The quantitative estimate of drug-likeness (QED) is 0.0199. The lowest BCUT2D eigenvalue weighted by atomic mass is 10.1. The van der Waals surface area contributed by atoms with Gasteiger partial charge in [-0.05, 0) is 87.7 Å². The maximum Gasteiger partial charge on any atom is 0.347 e. The van der Waals surface area contributed by atoms with E-state index in [-0.39, 0.29) is 45.8 Å². The van der Waals surface area contributed by atoms with Crippen LogP contribution in [0.15, 0.2) is 54.6 Å². The first-order chi connectivity index (χ1) is 34.2. The molecule has 4 rings (SSSR count). The third-order valence-corrected chi connectivity index (χ3v) is 12.7. The molecule has 15 nitrogen and oxygen atoms in total. The largest absolute Gasteiger partial charge is 0.463 e. The molecule has 17 heteroatoms. The maximum absolute atomic E-state index is 14.3. The van der Waals surface area contributed by atoms with E-state index in [0.717, 1.165) is 48.8 Å². The molecule has 0 aliphatic heterocycles. The molecule has 0 aliphatic carbocycles. The van der Waals surface area contributed by atoms with Crippen LogP contribution >= 0.6 is 23.2 Å². The van der Waals surface area contributed by atoms with Crippen LogP contribution in [0.3, 0.4) is 0 Å². The van der Waals surface area contributed by atoms with E-state index >= 15 is 0 Å². The van der Waals surface area contributed by atoms with Crippen molar-refractivity contribution < 1.29 is 47.7 Å². The summed E-state index contributed by atoms with van der Waals surface area (Å²) in [6, 6.07) is 11.3. The van der Waals surface area contributed by atoms with Crippen LogP contribution in [0.2, 0.25) is 10.0 Å². The van der Waals surface area contributed by atoms with E-state index < -0.39 is 53.9 Å². The number of unbranched alkanes of at least 4 members (excludes halogenated alkanes) is 18. The van der Waals surface area contributed by atoms with Crippen molar-refractivity contribution in [2.75, 3.05) is 23.8 Å². The summed E-state index contributed by atoms with van der Waals surface area (Å²) < 4.78 is 22.7. The maximum atomic E-state index is 14.3. The Morgan fingerprint density at radius 3 is 1.35 bits per heavy atom. The summed E-state index contributed by atoms with van der Waals surface area (Å²) >= 11 is 13.0. The van der Waals surface area contributed by atoms with Gasteiger partial charge in [0.05, 0.1) is 51.3 Å². The molecule has 2 N–H and O–H groups in total. The minimum absolute atomic E-state index is 0.0169. The third-order valence-electron chi connectivity index (χ3n) is 12.0. The molecule has 0 bridgehead atoms. The standard InChI is InChI=1S/C54H73Cl2N5O10/c1-6-8-10-12-14-16-18-20-22-24-32-68-51(64)38(4)70-53(66)40-27-29-42(55)44(35-40)57-49(62)48(61-47-31-26-37(3)34-46(47)59-60-61)50(63)58-45-36-41(28-30-43(45)56)54(67)71-39(5)52(65)69-33-25-23-21-19-17-15-13-11-9-7-2/h26-31,34-36,38-39,48H,6-25,32-33H2,1-5H3,(H,57,62)(H,58,63). The molecule has 2 amide bonds. The molecule has 2 unspecified atom stereocenters. The molecular weight excluding hydrogens is 950 g/mol. The number of carbonyl (C=O) groups excluding carboxylic acids is 6. The zero-order valence-electron chi connectivity index (χ0n) is 42.2.